The second-order valence-corrected chi connectivity index (χ2v) is 8.77. The summed E-state index contributed by atoms with van der Waals surface area (Å²) in [7, 11) is 1.91. The van der Waals surface area contributed by atoms with E-state index in [4.69, 9.17) is 4.74 Å². The Morgan fingerprint density at radius 1 is 1.34 bits per heavy atom. The van der Waals surface area contributed by atoms with Gasteiger partial charge in [-0.2, -0.15) is 5.10 Å². The highest BCUT2D eigenvalue weighted by molar-refractivity contribution is 5.79. The molecule has 2 aliphatic rings. The first-order valence-electron chi connectivity index (χ1n) is 10.7. The molecule has 156 valence electrons. The van der Waals surface area contributed by atoms with Crippen LogP contribution in [0.5, 0.6) is 0 Å². The molecule has 0 bridgehead atoms. The van der Waals surface area contributed by atoms with Crippen molar-refractivity contribution >= 4 is 5.91 Å². The first kappa shape index (κ1) is 20.1. The molecule has 2 aromatic rings. The van der Waals surface area contributed by atoms with Crippen LogP contribution in [0.25, 0.3) is 0 Å². The Bertz CT molecular complexity index is 828. The number of nitrogens with zero attached hydrogens (tertiary/aromatic N) is 3. The molecule has 0 saturated carbocycles. The number of carbonyl (C=O) groups is 1. The van der Waals surface area contributed by atoms with Gasteiger partial charge in [0.15, 0.2) is 0 Å². The van der Waals surface area contributed by atoms with Crippen LogP contribution in [0.3, 0.4) is 0 Å². The van der Waals surface area contributed by atoms with E-state index in [-0.39, 0.29) is 29.5 Å². The van der Waals surface area contributed by atoms with Crippen LogP contribution in [0.1, 0.15) is 50.3 Å². The third kappa shape index (κ3) is 4.23. The molecule has 2 fully saturated rings. The maximum Gasteiger partial charge on any atom is 0.223 e. The standard InChI is InChI=1S/C23H32N4O2/c1-17(23(2)10-7-11-29-23)24-13-19-12-21(28)26(3)22(19)20-14-25-27(16-20)15-18-8-5-4-6-9-18/h4-6,8-9,14,16-17,19,22,24H,7,10-13,15H2,1-3H3/t17-,19-,22+,23-/m0/s1. The van der Waals surface area contributed by atoms with Crippen LogP contribution >= 0.6 is 0 Å². The molecule has 1 amide bonds. The molecule has 0 radical (unpaired) electrons. The van der Waals surface area contributed by atoms with Gasteiger partial charge >= 0.3 is 0 Å². The van der Waals surface area contributed by atoms with Crippen LogP contribution in [0.15, 0.2) is 42.7 Å². The summed E-state index contributed by atoms with van der Waals surface area (Å²) in [5.74, 6) is 0.433. The van der Waals surface area contributed by atoms with Crippen molar-refractivity contribution < 1.29 is 9.53 Å². The quantitative estimate of drug-likeness (QED) is 0.782. The van der Waals surface area contributed by atoms with E-state index in [1.165, 1.54) is 5.56 Å². The van der Waals surface area contributed by atoms with Crippen molar-refractivity contribution in [2.45, 2.75) is 57.3 Å². The first-order valence-corrected chi connectivity index (χ1v) is 10.7. The number of amides is 1. The number of nitrogens with one attached hydrogen (secondary N) is 1. The van der Waals surface area contributed by atoms with E-state index in [1.807, 2.05) is 41.0 Å². The molecule has 29 heavy (non-hydrogen) atoms. The second-order valence-electron chi connectivity index (χ2n) is 8.77. The number of ether oxygens (including phenoxy) is 1. The molecule has 1 aromatic heterocycles. The van der Waals surface area contributed by atoms with Crippen molar-refractivity contribution in [1.29, 1.82) is 0 Å². The normalized spacial score (nSPS) is 28.2. The zero-order chi connectivity index (χ0) is 20.4. The minimum Gasteiger partial charge on any atom is -0.374 e. The van der Waals surface area contributed by atoms with E-state index >= 15 is 0 Å². The second kappa shape index (κ2) is 8.28. The zero-order valence-corrected chi connectivity index (χ0v) is 17.7. The predicted molar refractivity (Wildman–Crippen MR) is 112 cm³/mol. The van der Waals surface area contributed by atoms with Crippen molar-refractivity contribution in [2.24, 2.45) is 5.92 Å². The SMILES string of the molecule is C[C@H](NC[C@@H]1CC(=O)N(C)[C@H]1c1cnn(Cc2ccccc2)c1)[C@]1(C)CCCO1. The topological polar surface area (TPSA) is 59.4 Å². The van der Waals surface area contributed by atoms with E-state index in [9.17, 15) is 4.79 Å². The number of likely N-dealkylation sites (tertiary alicyclic amines) is 1. The van der Waals surface area contributed by atoms with Crippen LogP contribution in [0.4, 0.5) is 0 Å². The molecule has 2 aliphatic heterocycles. The minimum absolute atomic E-state index is 0.0593. The van der Waals surface area contributed by atoms with Gasteiger partial charge in [-0.1, -0.05) is 30.3 Å². The summed E-state index contributed by atoms with van der Waals surface area (Å²) in [6, 6.07) is 10.6. The van der Waals surface area contributed by atoms with E-state index in [2.05, 4.69) is 42.6 Å². The summed E-state index contributed by atoms with van der Waals surface area (Å²) in [5, 5.41) is 8.22. The summed E-state index contributed by atoms with van der Waals surface area (Å²) in [4.78, 5) is 14.4. The van der Waals surface area contributed by atoms with E-state index in [1.54, 1.807) is 0 Å². The Hall–Kier alpha value is -2.18. The summed E-state index contributed by atoms with van der Waals surface area (Å²) in [5.41, 5.74) is 2.22. The van der Waals surface area contributed by atoms with Gasteiger partial charge in [0.1, 0.15) is 0 Å². The van der Waals surface area contributed by atoms with E-state index in [0.29, 0.717) is 6.42 Å². The molecular formula is C23H32N4O2. The Balaban J connectivity index is 1.44. The third-order valence-corrected chi connectivity index (χ3v) is 6.73. The van der Waals surface area contributed by atoms with Gasteiger partial charge in [0.2, 0.25) is 5.91 Å². The molecular weight excluding hydrogens is 364 g/mol. The van der Waals surface area contributed by atoms with E-state index in [0.717, 1.165) is 38.1 Å². The lowest BCUT2D eigenvalue weighted by Gasteiger charge is -2.33. The van der Waals surface area contributed by atoms with Gasteiger partial charge in [-0.15, -0.1) is 0 Å². The van der Waals surface area contributed by atoms with Crippen molar-refractivity contribution in [3.8, 4) is 0 Å². The van der Waals surface area contributed by atoms with Gasteiger partial charge in [-0.3, -0.25) is 9.48 Å². The van der Waals surface area contributed by atoms with Gasteiger partial charge in [0.05, 0.1) is 24.4 Å². The van der Waals surface area contributed by atoms with E-state index < -0.39 is 0 Å². The van der Waals surface area contributed by atoms with Crippen molar-refractivity contribution in [3.05, 3.63) is 53.9 Å². The molecule has 1 N–H and O–H groups in total. The molecule has 6 heteroatoms. The van der Waals surface area contributed by atoms with Gasteiger partial charge in [-0.05, 0) is 32.3 Å². The maximum atomic E-state index is 12.5. The highest BCUT2D eigenvalue weighted by Crippen LogP contribution is 2.37. The van der Waals surface area contributed by atoms with Crippen LogP contribution in [-0.2, 0) is 16.1 Å². The fourth-order valence-corrected chi connectivity index (χ4v) is 4.71. The Kier molecular flexibility index (Phi) is 5.74. The molecule has 2 saturated heterocycles. The smallest absolute Gasteiger partial charge is 0.223 e. The Labute approximate surface area is 173 Å². The summed E-state index contributed by atoms with van der Waals surface area (Å²) in [6.07, 6.45) is 6.78. The molecule has 3 heterocycles. The van der Waals surface area contributed by atoms with Crippen molar-refractivity contribution in [2.75, 3.05) is 20.2 Å². The monoisotopic (exact) mass is 396 g/mol. The van der Waals surface area contributed by atoms with Gasteiger partial charge in [0.25, 0.3) is 0 Å². The average Bonchev–Trinajstić information content (AvgIpc) is 3.42. The average molecular weight is 397 g/mol. The molecule has 6 nitrogen and oxygen atoms in total. The summed E-state index contributed by atoms with van der Waals surface area (Å²) in [6.45, 7) is 6.76. The molecule has 1 aromatic carbocycles. The number of hydrogen-bond acceptors (Lipinski definition) is 4. The number of rotatable bonds is 7. The van der Waals surface area contributed by atoms with Crippen LogP contribution < -0.4 is 5.32 Å². The maximum absolute atomic E-state index is 12.5. The highest BCUT2D eigenvalue weighted by atomic mass is 16.5. The number of benzene rings is 1. The fourth-order valence-electron chi connectivity index (χ4n) is 4.71. The minimum atomic E-state index is -0.107. The molecule has 4 rings (SSSR count). The van der Waals surface area contributed by atoms with Crippen LogP contribution in [0.2, 0.25) is 0 Å². The first-order chi connectivity index (χ1) is 14.0. The number of hydrogen-bond donors (Lipinski definition) is 1. The van der Waals surface area contributed by atoms with Gasteiger partial charge in [-0.25, -0.2) is 0 Å². The van der Waals surface area contributed by atoms with Gasteiger partial charge in [0, 0.05) is 50.3 Å². The highest BCUT2D eigenvalue weighted by Gasteiger charge is 2.41. The van der Waals surface area contributed by atoms with Gasteiger partial charge < -0.3 is 15.0 Å². The Morgan fingerprint density at radius 2 is 2.14 bits per heavy atom. The summed E-state index contributed by atoms with van der Waals surface area (Å²) >= 11 is 0. The lowest BCUT2D eigenvalue weighted by Crippen LogP contribution is -2.48. The molecule has 0 aliphatic carbocycles. The predicted octanol–water partition coefficient (Wildman–Crippen LogP) is 3.00. The Morgan fingerprint density at radius 3 is 2.86 bits per heavy atom. The lowest BCUT2D eigenvalue weighted by molar-refractivity contribution is -0.127. The lowest BCUT2D eigenvalue weighted by atomic mass is 9.92. The molecule has 0 unspecified atom stereocenters. The largest absolute Gasteiger partial charge is 0.374 e. The van der Waals surface area contributed by atoms with Crippen LogP contribution in [-0.4, -0.2) is 52.4 Å². The number of aromatic nitrogens is 2. The summed E-state index contributed by atoms with van der Waals surface area (Å²) < 4.78 is 7.94. The van der Waals surface area contributed by atoms with Crippen molar-refractivity contribution in [3.63, 3.8) is 0 Å². The molecule has 0 spiro atoms. The zero-order valence-electron chi connectivity index (χ0n) is 17.7. The van der Waals surface area contributed by atoms with Crippen molar-refractivity contribution in [1.82, 2.24) is 20.0 Å². The third-order valence-electron chi connectivity index (χ3n) is 6.73. The van der Waals surface area contributed by atoms with Crippen LogP contribution in [0, 0.1) is 5.92 Å². The fraction of sp³-hybridized carbons (Fsp3) is 0.565. The molecule has 4 atom stereocenters. The number of carbonyl (C=O) groups excluding carboxylic acids is 1.